The van der Waals surface area contributed by atoms with Crippen LogP contribution >= 0.6 is 11.3 Å². The number of amides is 1. The normalized spacial score (nSPS) is 16.7. The Labute approximate surface area is 161 Å². The lowest BCUT2D eigenvalue weighted by molar-refractivity contribution is 0.0718. The molecule has 1 aliphatic rings. The molecule has 0 spiro atoms. The van der Waals surface area contributed by atoms with Crippen molar-refractivity contribution in [2.75, 3.05) is 13.7 Å². The van der Waals surface area contributed by atoms with Gasteiger partial charge < -0.3 is 14.1 Å². The van der Waals surface area contributed by atoms with Crippen molar-refractivity contribution < 1.29 is 13.9 Å². The smallest absolute Gasteiger partial charge is 0.266 e. The zero-order chi connectivity index (χ0) is 18.8. The maximum Gasteiger partial charge on any atom is 0.266 e. The van der Waals surface area contributed by atoms with Crippen LogP contribution in [0, 0.1) is 6.92 Å². The lowest BCUT2D eigenvalue weighted by Crippen LogP contribution is -2.30. The highest BCUT2D eigenvalue weighted by Crippen LogP contribution is 2.34. The highest BCUT2D eigenvalue weighted by Gasteiger charge is 2.35. The van der Waals surface area contributed by atoms with E-state index in [4.69, 9.17) is 9.15 Å². The third kappa shape index (κ3) is 3.60. The molecule has 0 N–H and O–H groups in total. The van der Waals surface area contributed by atoms with Gasteiger partial charge >= 0.3 is 0 Å². The number of ether oxygens (including phenoxy) is 1. The monoisotopic (exact) mass is 383 g/mol. The van der Waals surface area contributed by atoms with Crippen LogP contribution in [0.4, 0.5) is 0 Å². The average molecular weight is 383 g/mol. The fraction of sp³-hybridized carbons (Fsp3) is 0.350. The van der Waals surface area contributed by atoms with Gasteiger partial charge in [-0.25, -0.2) is 9.97 Å². The van der Waals surface area contributed by atoms with Gasteiger partial charge in [0.15, 0.2) is 0 Å². The molecule has 1 amide bonds. The molecule has 0 bridgehead atoms. The quantitative estimate of drug-likeness (QED) is 0.666. The van der Waals surface area contributed by atoms with E-state index >= 15 is 0 Å². The number of oxazole rings is 1. The van der Waals surface area contributed by atoms with E-state index in [9.17, 15) is 4.79 Å². The van der Waals surface area contributed by atoms with Crippen molar-refractivity contribution in [1.29, 1.82) is 0 Å². The molecule has 1 aliphatic heterocycles. The van der Waals surface area contributed by atoms with E-state index in [-0.39, 0.29) is 11.9 Å². The van der Waals surface area contributed by atoms with Gasteiger partial charge in [-0.1, -0.05) is 12.1 Å². The summed E-state index contributed by atoms with van der Waals surface area (Å²) in [6.45, 7) is 2.58. The van der Waals surface area contributed by atoms with Gasteiger partial charge in [-0.15, -0.1) is 11.3 Å². The maximum atomic E-state index is 12.9. The largest absolute Gasteiger partial charge is 0.497 e. The molecule has 7 heteroatoms. The Bertz CT molecular complexity index is 949. The van der Waals surface area contributed by atoms with Gasteiger partial charge in [-0.3, -0.25) is 4.79 Å². The second-order valence-electron chi connectivity index (χ2n) is 6.62. The van der Waals surface area contributed by atoms with Crippen LogP contribution < -0.4 is 4.74 Å². The number of carbonyl (C=O) groups excluding carboxylic acids is 1. The van der Waals surface area contributed by atoms with E-state index < -0.39 is 0 Å². The molecule has 1 atom stereocenters. The molecule has 3 heterocycles. The summed E-state index contributed by atoms with van der Waals surface area (Å²) in [5.41, 5.74) is 3.59. The number of aromatic nitrogens is 2. The zero-order valence-corrected chi connectivity index (χ0v) is 16.2. The second-order valence-corrected chi connectivity index (χ2v) is 7.47. The Balaban J connectivity index is 1.51. The fourth-order valence-corrected chi connectivity index (χ4v) is 4.20. The summed E-state index contributed by atoms with van der Waals surface area (Å²) in [6, 6.07) is 7.78. The van der Waals surface area contributed by atoms with Crippen molar-refractivity contribution in [3.63, 3.8) is 0 Å². The van der Waals surface area contributed by atoms with Gasteiger partial charge in [-0.2, -0.15) is 0 Å². The molecule has 6 nitrogen and oxygen atoms in total. The number of nitrogens with zero attached hydrogens (tertiary/aromatic N) is 3. The minimum atomic E-state index is -0.113. The number of likely N-dealkylation sites (tertiary alicyclic amines) is 1. The summed E-state index contributed by atoms with van der Waals surface area (Å²) in [4.78, 5) is 24.1. The first kappa shape index (κ1) is 17.7. The van der Waals surface area contributed by atoms with Crippen LogP contribution in [-0.4, -0.2) is 34.4 Å². The van der Waals surface area contributed by atoms with Crippen LogP contribution in [-0.2, 0) is 6.42 Å². The van der Waals surface area contributed by atoms with E-state index in [1.807, 2.05) is 36.1 Å². The summed E-state index contributed by atoms with van der Waals surface area (Å²) < 4.78 is 11.3. The summed E-state index contributed by atoms with van der Waals surface area (Å²) >= 11 is 1.39. The Hall–Kier alpha value is -2.67. The summed E-state index contributed by atoms with van der Waals surface area (Å²) in [5, 5.41) is 0. The molecule has 0 aliphatic carbocycles. The SMILES string of the molecule is COc1cccc(Cc2cnc([C@H]3CCCN3C(=O)c3scnc3C)o2)c1. The number of hydrogen-bond acceptors (Lipinski definition) is 6. The van der Waals surface area contributed by atoms with E-state index in [0.29, 0.717) is 23.7 Å². The van der Waals surface area contributed by atoms with Crippen molar-refractivity contribution in [2.45, 2.75) is 32.2 Å². The number of thiazole rings is 1. The number of carbonyl (C=O) groups is 1. The molecule has 140 valence electrons. The van der Waals surface area contributed by atoms with Crippen molar-refractivity contribution >= 4 is 17.2 Å². The third-order valence-electron chi connectivity index (χ3n) is 4.82. The van der Waals surface area contributed by atoms with Crippen molar-refractivity contribution in [1.82, 2.24) is 14.9 Å². The van der Waals surface area contributed by atoms with Crippen LogP contribution in [0.3, 0.4) is 0 Å². The van der Waals surface area contributed by atoms with Gasteiger partial charge in [0.1, 0.15) is 22.4 Å². The van der Waals surface area contributed by atoms with Crippen LogP contribution in [0.25, 0.3) is 0 Å². The Morgan fingerprint density at radius 1 is 1.41 bits per heavy atom. The highest BCUT2D eigenvalue weighted by atomic mass is 32.1. The summed E-state index contributed by atoms with van der Waals surface area (Å²) in [7, 11) is 1.65. The Morgan fingerprint density at radius 2 is 2.30 bits per heavy atom. The average Bonchev–Trinajstić information content (AvgIpc) is 3.41. The number of methoxy groups -OCH3 is 1. The van der Waals surface area contributed by atoms with Gasteiger partial charge in [0.2, 0.25) is 5.89 Å². The van der Waals surface area contributed by atoms with Crippen molar-refractivity contribution in [2.24, 2.45) is 0 Å². The number of aryl methyl sites for hydroxylation is 1. The predicted molar refractivity (Wildman–Crippen MR) is 102 cm³/mol. The van der Waals surface area contributed by atoms with Gasteiger partial charge in [0.05, 0.1) is 24.5 Å². The second kappa shape index (κ2) is 7.52. The first-order valence-electron chi connectivity index (χ1n) is 8.94. The number of hydrogen-bond donors (Lipinski definition) is 0. The molecule has 0 unspecified atom stereocenters. The standard InChI is InChI=1S/C20H21N3O3S/c1-13-18(27-12-22-13)20(24)23-8-4-7-17(23)19-21-11-16(26-19)10-14-5-3-6-15(9-14)25-2/h3,5-6,9,11-12,17H,4,7-8,10H2,1-2H3/t17-/m1/s1. The minimum Gasteiger partial charge on any atom is -0.497 e. The van der Waals surface area contributed by atoms with E-state index in [0.717, 1.165) is 35.6 Å². The predicted octanol–water partition coefficient (Wildman–Crippen LogP) is 4.02. The molecule has 27 heavy (non-hydrogen) atoms. The lowest BCUT2D eigenvalue weighted by Gasteiger charge is -2.21. The maximum absolute atomic E-state index is 12.9. The molecule has 2 aromatic heterocycles. The molecule has 1 aromatic carbocycles. The van der Waals surface area contributed by atoms with Crippen LogP contribution in [0.15, 0.2) is 40.4 Å². The number of benzene rings is 1. The fourth-order valence-electron chi connectivity index (χ4n) is 3.45. The Morgan fingerprint density at radius 3 is 3.07 bits per heavy atom. The first-order chi connectivity index (χ1) is 13.2. The van der Waals surface area contributed by atoms with E-state index in [1.54, 1.807) is 18.8 Å². The Kier molecular flexibility index (Phi) is 4.94. The van der Waals surface area contributed by atoms with Gasteiger partial charge in [0.25, 0.3) is 5.91 Å². The van der Waals surface area contributed by atoms with E-state index in [2.05, 4.69) is 9.97 Å². The minimum absolute atomic E-state index is 0.0186. The molecular weight excluding hydrogens is 362 g/mol. The first-order valence-corrected chi connectivity index (χ1v) is 9.82. The van der Waals surface area contributed by atoms with Crippen LogP contribution in [0.1, 0.15) is 51.5 Å². The summed E-state index contributed by atoms with van der Waals surface area (Å²) in [5.74, 6) is 2.23. The molecule has 1 fully saturated rings. The molecule has 0 radical (unpaired) electrons. The van der Waals surface area contributed by atoms with Crippen LogP contribution in [0.2, 0.25) is 0 Å². The van der Waals surface area contributed by atoms with E-state index in [1.165, 1.54) is 11.3 Å². The molecule has 4 rings (SSSR count). The van der Waals surface area contributed by atoms with Crippen molar-refractivity contribution in [3.05, 3.63) is 63.8 Å². The topological polar surface area (TPSA) is 68.5 Å². The molecule has 1 saturated heterocycles. The molecular formula is C20H21N3O3S. The highest BCUT2D eigenvalue weighted by molar-refractivity contribution is 7.11. The number of rotatable bonds is 5. The lowest BCUT2D eigenvalue weighted by atomic mass is 10.1. The van der Waals surface area contributed by atoms with Gasteiger partial charge in [-0.05, 0) is 37.5 Å². The van der Waals surface area contributed by atoms with Gasteiger partial charge in [0, 0.05) is 13.0 Å². The molecule has 3 aromatic rings. The third-order valence-corrected chi connectivity index (χ3v) is 5.74. The summed E-state index contributed by atoms with van der Waals surface area (Å²) in [6.07, 6.45) is 4.21. The molecule has 0 saturated carbocycles. The van der Waals surface area contributed by atoms with Crippen LogP contribution in [0.5, 0.6) is 5.75 Å². The zero-order valence-electron chi connectivity index (χ0n) is 15.3. The van der Waals surface area contributed by atoms with Crippen molar-refractivity contribution in [3.8, 4) is 5.75 Å².